The Bertz CT molecular complexity index is 724. The van der Waals surface area contributed by atoms with E-state index in [0.29, 0.717) is 12.2 Å². The third-order valence-electron chi connectivity index (χ3n) is 3.73. The fourth-order valence-electron chi connectivity index (χ4n) is 2.33. The number of carboxylic acids is 1. The second kappa shape index (κ2) is 7.05. The number of aryl methyl sites for hydroxylation is 2. The molecular formula is C18H20N2O3. The van der Waals surface area contributed by atoms with Gasteiger partial charge in [0, 0.05) is 13.6 Å². The molecule has 0 saturated heterocycles. The zero-order valence-electron chi connectivity index (χ0n) is 13.5. The van der Waals surface area contributed by atoms with E-state index < -0.39 is 5.97 Å². The molecule has 0 bridgehead atoms. The Kier molecular flexibility index (Phi) is 5.11. The zero-order valence-corrected chi connectivity index (χ0v) is 13.5. The minimum absolute atomic E-state index is 0.111. The number of benzene rings is 1. The molecule has 0 saturated carbocycles. The summed E-state index contributed by atoms with van der Waals surface area (Å²) in [6, 6.07) is 11.0. The van der Waals surface area contributed by atoms with Crippen molar-refractivity contribution in [2.45, 2.75) is 26.8 Å². The number of carboxylic acid groups (broad SMARTS) is 1. The van der Waals surface area contributed by atoms with Crippen LogP contribution in [-0.2, 0) is 13.0 Å². The largest absolute Gasteiger partial charge is 0.478 e. The Morgan fingerprint density at radius 3 is 2.22 bits per heavy atom. The number of hydrogen-bond acceptors (Lipinski definition) is 3. The molecule has 1 aromatic heterocycles. The van der Waals surface area contributed by atoms with Gasteiger partial charge in [0.05, 0.1) is 11.3 Å². The number of aromatic carboxylic acids is 1. The molecule has 5 heteroatoms. The molecule has 0 aliphatic heterocycles. The molecule has 5 nitrogen and oxygen atoms in total. The quantitative estimate of drug-likeness (QED) is 0.921. The first-order chi connectivity index (χ1) is 10.9. The standard InChI is InChI=1S/C18H20N2O3/c1-4-13-5-7-14(8-6-13)11-20(3)17(21)16-10-9-15(18(22)23)12(2)19-16/h5-10H,4,11H2,1-3H3,(H,22,23). The van der Waals surface area contributed by atoms with Gasteiger partial charge >= 0.3 is 5.97 Å². The number of hydrogen-bond donors (Lipinski definition) is 1. The highest BCUT2D eigenvalue weighted by atomic mass is 16.4. The lowest BCUT2D eigenvalue weighted by molar-refractivity contribution is 0.0693. The lowest BCUT2D eigenvalue weighted by Gasteiger charge is -2.17. The second-order valence-corrected chi connectivity index (χ2v) is 5.47. The molecule has 1 aromatic carbocycles. The highest BCUT2D eigenvalue weighted by Crippen LogP contribution is 2.12. The van der Waals surface area contributed by atoms with Crippen LogP contribution in [0, 0.1) is 6.92 Å². The predicted octanol–water partition coefficient (Wildman–Crippen LogP) is 2.92. The van der Waals surface area contributed by atoms with Crippen molar-refractivity contribution >= 4 is 11.9 Å². The molecule has 2 aromatic rings. The molecule has 1 heterocycles. The van der Waals surface area contributed by atoms with Crippen LogP contribution in [0.15, 0.2) is 36.4 Å². The van der Waals surface area contributed by atoms with Crippen LogP contribution in [0.2, 0.25) is 0 Å². The average molecular weight is 312 g/mol. The minimum Gasteiger partial charge on any atom is -0.478 e. The van der Waals surface area contributed by atoms with Crippen molar-refractivity contribution in [3.8, 4) is 0 Å². The van der Waals surface area contributed by atoms with E-state index in [0.717, 1.165) is 12.0 Å². The number of carbonyl (C=O) groups is 2. The summed E-state index contributed by atoms with van der Waals surface area (Å²) < 4.78 is 0. The summed E-state index contributed by atoms with van der Waals surface area (Å²) in [7, 11) is 1.71. The smallest absolute Gasteiger partial charge is 0.337 e. The van der Waals surface area contributed by atoms with Crippen molar-refractivity contribution in [3.63, 3.8) is 0 Å². The van der Waals surface area contributed by atoms with E-state index in [-0.39, 0.29) is 17.2 Å². The van der Waals surface area contributed by atoms with Gasteiger partial charge in [-0.2, -0.15) is 0 Å². The zero-order chi connectivity index (χ0) is 17.0. The van der Waals surface area contributed by atoms with Gasteiger partial charge in [-0.25, -0.2) is 9.78 Å². The first-order valence-electron chi connectivity index (χ1n) is 7.46. The molecule has 23 heavy (non-hydrogen) atoms. The van der Waals surface area contributed by atoms with E-state index in [1.165, 1.54) is 17.7 Å². The third-order valence-corrected chi connectivity index (χ3v) is 3.73. The lowest BCUT2D eigenvalue weighted by atomic mass is 10.1. The van der Waals surface area contributed by atoms with E-state index in [4.69, 9.17) is 5.11 Å². The molecular weight excluding hydrogens is 292 g/mol. The Balaban J connectivity index is 2.12. The predicted molar refractivity (Wildman–Crippen MR) is 87.6 cm³/mol. The molecule has 0 atom stereocenters. The normalized spacial score (nSPS) is 10.4. The van der Waals surface area contributed by atoms with E-state index in [1.54, 1.807) is 18.9 Å². The van der Waals surface area contributed by atoms with Crippen LogP contribution in [0.1, 0.15) is 44.6 Å². The monoisotopic (exact) mass is 312 g/mol. The molecule has 0 unspecified atom stereocenters. The summed E-state index contributed by atoms with van der Waals surface area (Å²) in [6.45, 7) is 4.16. The van der Waals surface area contributed by atoms with E-state index in [2.05, 4.69) is 24.0 Å². The van der Waals surface area contributed by atoms with Crippen LogP contribution in [0.3, 0.4) is 0 Å². The lowest BCUT2D eigenvalue weighted by Crippen LogP contribution is -2.27. The van der Waals surface area contributed by atoms with Crippen molar-refractivity contribution in [3.05, 3.63) is 64.5 Å². The van der Waals surface area contributed by atoms with E-state index in [1.807, 2.05) is 12.1 Å². The average Bonchev–Trinajstić information content (AvgIpc) is 2.54. The van der Waals surface area contributed by atoms with Gasteiger partial charge in [-0.1, -0.05) is 31.2 Å². The van der Waals surface area contributed by atoms with Crippen molar-refractivity contribution in [1.29, 1.82) is 0 Å². The SMILES string of the molecule is CCc1ccc(CN(C)C(=O)c2ccc(C(=O)O)c(C)n2)cc1. The summed E-state index contributed by atoms with van der Waals surface area (Å²) in [6.07, 6.45) is 0.980. The molecule has 0 aliphatic carbocycles. The van der Waals surface area contributed by atoms with E-state index >= 15 is 0 Å². The molecule has 0 spiro atoms. The first-order valence-corrected chi connectivity index (χ1v) is 7.46. The van der Waals surface area contributed by atoms with E-state index in [9.17, 15) is 9.59 Å². The van der Waals surface area contributed by atoms with Crippen LogP contribution in [0.5, 0.6) is 0 Å². The fraction of sp³-hybridized carbons (Fsp3) is 0.278. The molecule has 2 rings (SSSR count). The number of aromatic nitrogens is 1. The van der Waals surface area contributed by atoms with Crippen LogP contribution < -0.4 is 0 Å². The molecule has 0 fully saturated rings. The van der Waals surface area contributed by atoms with Gasteiger partial charge in [0.25, 0.3) is 5.91 Å². The van der Waals surface area contributed by atoms with Crippen molar-refractivity contribution in [1.82, 2.24) is 9.88 Å². The summed E-state index contributed by atoms with van der Waals surface area (Å²) >= 11 is 0. The van der Waals surface area contributed by atoms with Crippen LogP contribution in [-0.4, -0.2) is 33.9 Å². The number of nitrogens with zero attached hydrogens (tertiary/aromatic N) is 2. The van der Waals surface area contributed by atoms with Crippen LogP contribution in [0.4, 0.5) is 0 Å². The maximum atomic E-state index is 12.4. The van der Waals surface area contributed by atoms with Gasteiger partial charge < -0.3 is 10.0 Å². The van der Waals surface area contributed by atoms with Gasteiger partial charge in [0.2, 0.25) is 0 Å². The molecule has 0 aliphatic rings. The first kappa shape index (κ1) is 16.7. The van der Waals surface area contributed by atoms with Crippen LogP contribution >= 0.6 is 0 Å². The fourth-order valence-corrected chi connectivity index (χ4v) is 2.33. The highest BCUT2D eigenvalue weighted by molar-refractivity contribution is 5.94. The third kappa shape index (κ3) is 3.94. The van der Waals surface area contributed by atoms with Crippen molar-refractivity contribution in [2.24, 2.45) is 0 Å². The molecule has 120 valence electrons. The molecule has 0 radical (unpaired) electrons. The number of pyridine rings is 1. The highest BCUT2D eigenvalue weighted by Gasteiger charge is 2.16. The summed E-state index contributed by atoms with van der Waals surface area (Å²) in [4.78, 5) is 29.1. The Hall–Kier alpha value is -2.69. The number of carbonyl (C=O) groups excluding carboxylic acids is 1. The Morgan fingerprint density at radius 2 is 1.70 bits per heavy atom. The number of amides is 1. The second-order valence-electron chi connectivity index (χ2n) is 5.47. The number of rotatable bonds is 5. The van der Waals surface area contributed by atoms with Gasteiger partial charge in [0.1, 0.15) is 5.69 Å². The van der Waals surface area contributed by atoms with Crippen molar-refractivity contribution < 1.29 is 14.7 Å². The van der Waals surface area contributed by atoms with Gasteiger partial charge in [0.15, 0.2) is 0 Å². The van der Waals surface area contributed by atoms with Gasteiger partial charge in [-0.15, -0.1) is 0 Å². The van der Waals surface area contributed by atoms with Crippen molar-refractivity contribution in [2.75, 3.05) is 7.05 Å². The summed E-state index contributed by atoms with van der Waals surface area (Å²) in [5.41, 5.74) is 2.99. The molecule has 1 N–H and O–H groups in total. The van der Waals surface area contributed by atoms with Gasteiger partial charge in [-0.3, -0.25) is 4.79 Å². The Labute approximate surface area is 135 Å². The van der Waals surface area contributed by atoms with Crippen LogP contribution in [0.25, 0.3) is 0 Å². The maximum absolute atomic E-state index is 12.4. The summed E-state index contributed by atoms with van der Waals surface area (Å²) in [5, 5.41) is 9.01. The molecule has 1 amide bonds. The summed E-state index contributed by atoms with van der Waals surface area (Å²) in [5.74, 6) is -1.28. The maximum Gasteiger partial charge on any atom is 0.337 e. The topological polar surface area (TPSA) is 70.5 Å². The van der Waals surface area contributed by atoms with Gasteiger partial charge in [-0.05, 0) is 36.6 Å². The minimum atomic E-state index is -1.04. The Morgan fingerprint density at radius 1 is 1.09 bits per heavy atom.